The van der Waals surface area contributed by atoms with E-state index in [2.05, 4.69) is 0 Å². The van der Waals surface area contributed by atoms with Crippen LogP contribution < -0.4 is 54.6 Å². The fourth-order valence-electron chi connectivity index (χ4n) is 4.22. The molecule has 0 unspecified atom stereocenters. The molecule has 4 aromatic carbocycles. The van der Waals surface area contributed by atoms with Crippen molar-refractivity contribution in [1.29, 1.82) is 0 Å². The van der Waals surface area contributed by atoms with E-state index in [0.29, 0.717) is 16.3 Å². The van der Waals surface area contributed by atoms with Crippen LogP contribution >= 0.6 is 0 Å². The molecule has 2 N–H and O–H groups in total. The number of fused-ring (bicyclic) bond motifs is 2. The van der Waals surface area contributed by atoms with Gasteiger partial charge in [-0.05, 0) is 38.1 Å². The second kappa shape index (κ2) is 8.08. The van der Waals surface area contributed by atoms with Gasteiger partial charge in [-0.15, -0.1) is 27.3 Å². The standard InChI is InChI=1S/C20H6B10O2/c21-11-8-7(9-12(22)16(26)19(29)17(27)13(9)23)5-3-1-2-4-6(5)20(30(31)32)10(8)14(24)18(28)15(11)25/h1-4,31-32H. The van der Waals surface area contributed by atoms with E-state index in [9.17, 15) is 10.0 Å². The summed E-state index contributed by atoms with van der Waals surface area (Å²) in [5.41, 5.74) is 1.19. The molecule has 0 aliphatic rings. The van der Waals surface area contributed by atoms with Crippen LogP contribution in [-0.2, 0) is 0 Å². The molecule has 32 heavy (non-hydrogen) atoms. The molecule has 2 nitrogen and oxygen atoms in total. The maximum absolute atomic E-state index is 10.3. The molecule has 0 fully saturated rings. The summed E-state index contributed by atoms with van der Waals surface area (Å²) in [6, 6.07) is 6.90. The third-order valence-electron chi connectivity index (χ3n) is 5.87. The first-order chi connectivity index (χ1) is 15.0. The highest BCUT2D eigenvalue weighted by Gasteiger charge is 2.26. The second-order valence-corrected chi connectivity index (χ2v) is 7.56. The smallest absolute Gasteiger partial charge is 0.423 e. The predicted octanol–water partition coefficient (Wildman–Crippen LogP) is -7.52. The van der Waals surface area contributed by atoms with E-state index in [-0.39, 0.29) is 71.0 Å². The van der Waals surface area contributed by atoms with Crippen LogP contribution in [0.4, 0.5) is 0 Å². The summed E-state index contributed by atoms with van der Waals surface area (Å²) < 4.78 is 0. The van der Waals surface area contributed by atoms with E-state index >= 15 is 0 Å². The van der Waals surface area contributed by atoms with E-state index in [4.69, 9.17) is 70.6 Å². The quantitative estimate of drug-likeness (QED) is 0.266. The van der Waals surface area contributed by atoms with Gasteiger partial charge >= 0.3 is 7.12 Å². The Hall–Kier alpha value is -2.03. The van der Waals surface area contributed by atoms with E-state index < -0.39 is 7.12 Å². The van der Waals surface area contributed by atoms with Crippen LogP contribution in [0.2, 0.25) is 0 Å². The Kier molecular flexibility index (Phi) is 5.84. The minimum atomic E-state index is -1.91. The van der Waals surface area contributed by atoms with Gasteiger partial charge in [0.05, 0.1) is 0 Å². The van der Waals surface area contributed by atoms with Crippen LogP contribution in [0.3, 0.4) is 0 Å². The SMILES string of the molecule is [B]c1c([B])c([B])c(-c2c3ccccc3c(B(O)O)c3c([B])c([B])c([B])c([B])c23)c([B])c1[B]. The van der Waals surface area contributed by atoms with Crippen LogP contribution in [0.5, 0.6) is 0 Å². The Morgan fingerprint density at radius 1 is 0.469 bits per heavy atom. The first-order valence-electron chi connectivity index (χ1n) is 9.48. The normalized spacial score (nSPS) is 11.3. The zero-order chi connectivity index (χ0) is 23.6. The van der Waals surface area contributed by atoms with E-state index in [1.54, 1.807) is 24.3 Å². The van der Waals surface area contributed by atoms with Crippen LogP contribution in [0.1, 0.15) is 0 Å². The highest BCUT2D eigenvalue weighted by Crippen LogP contribution is 2.31. The Balaban J connectivity index is 2.46. The predicted molar refractivity (Wildman–Crippen MR) is 145 cm³/mol. The van der Waals surface area contributed by atoms with Gasteiger partial charge < -0.3 is 10.0 Å². The molecular formula is C20H6B10O2. The molecule has 0 saturated carbocycles. The van der Waals surface area contributed by atoms with Crippen molar-refractivity contribution in [2.24, 2.45) is 0 Å². The summed E-state index contributed by atoms with van der Waals surface area (Å²) in [4.78, 5) is 0. The molecule has 0 saturated heterocycles. The third kappa shape index (κ3) is 3.10. The van der Waals surface area contributed by atoms with Crippen molar-refractivity contribution >= 4 is 154 Å². The van der Waals surface area contributed by atoms with Crippen molar-refractivity contribution in [1.82, 2.24) is 0 Å². The minimum Gasteiger partial charge on any atom is -0.423 e. The van der Waals surface area contributed by atoms with Gasteiger partial charge in [0.25, 0.3) is 0 Å². The lowest BCUT2D eigenvalue weighted by Crippen LogP contribution is -2.55. The fourth-order valence-corrected chi connectivity index (χ4v) is 4.22. The lowest BCUT2D eigenvalue weighted by Gasteiger charge is -2.28. The van der Waals surface area contributed by atoms with Crippen molar-refractivity contribution in [3.05, 3.63) is 24.3 Å². The first kappa shape index (κ1) is 23.1. The number of hydrogen-bond acceptors (Lipinski definition) is 2. The lowest BCUT2D eigenvalue weighted by molar-refractivity contribution is 0.426. The highest BCUT2D eigenvalue weighted by atomic mass is 16.4. The van der Waals surface area contributed by atoms with Crippen LogP contribution in [-0.4, -0.2) is 87.8 Å². The fraction of sp³-hybridized carbons (Fsp3) is 0. The van der Waals surface area contributed by atoms with E-state index in [1.165, 1.54) is 0 Å². The van der Waals surface area contributed by atoms with Gasteiger partial charge in [-0.1, -0.05) is 46.1 Å². The summed E-state index contributed by atoms with van der Waals surface area (Å²) in [6.45, 7) is 0. The zero-order valence-corrected chi connectivity index (χ0v) is 17.0. The zero-order valence-electron chi connectivity index (χ0n) is 17.0. The van der Waals surface area contributed by atoms with Crippen molar-refractivity contribution in [2.75, 3.05) is 0 Å². The maximum atomic E-state index is 10.3. The molecule has 128 valence electrons. The van der Waals surface area contributed by atoms with E-state index in [1.807, 2.05) is 0 Å². The average molecular weight is 386 g/mol. The van der Waals surface area contributed by atoms with Crippen LogP contribution in [0.15, 0.2) is 24.3 Å². The summed E-state index contributed by atoms with van der Waals surface area (Å²) in [6.07, 6.45) is 0. The van der Waals surface area contributed by atoms with Gasteiger partial charge in [0.2, 0.25) is 0 Å². The number of rotatable bonds is 2. The third-order valence-corrected chi connectivity index (χ3v) is 5.87. The van der Waals surface area contributed by atoms with Crippen LogP contribution in [0.25, 0.3) is 32.7 Å². The molecule has 4 aromatic rings. The van der Waals surface area contributed by atoms with E-state index in [0.717, 1.165) is 0 Å². The molecule has 0 heterocycles. The van der Waals surface area contributed by atoms with Gasteiger partial charge in [-0.3, -0.25) is 0 Å². The van der Waals surface area contributed by atoms with Gasteiger partial charge in [0.1, 0.15) is 70.6 Å². The minimum absolute atomic E-state index is 0.00964. The molecule has 0 aliphatic heterocycles. The van der Waals surface area contributed by atoms with Crippen molar-refractivity contribution in [3.63, 3.8) is 0 Å². The van der Waals surface area contributed by atoms with Gasteiger partial charge in [-0.25, -0.2) is 0 Å². The second-order valence-electron chi connectivity index (χ2n) is 7.56. The summed E-state index contributed by atoms with van der Waals surface area (Å²) >= 11 is 0. The molecule has 0 spiro atoms. The summed E-state index contributed by atoms with van der Waals surface area (Å²) in [7, 11) is 53.9. The highest BCUT2D eigenvalue weighted by molar-refractivity contribution is 6.74. The van der Waals surface area contributed by atoms with Gasteiger partial charge in [0, 0.05) is 0 Å². The maximum Gasteiger partial charge on any atom is 0.489 e. The number of hydrogen-bond donors (Lipinski definition) is 2. The van der Waals surface area contributed by atoms with Crippen molar-refractivity contribution in [2.45, 2.75) is 0 Å². The topological polar surface area (TPSA) is 40.5 Å². The van der Waals surface area contributed by atoms with Crippen molar-refractivity contribution in [3.8, 4) is 11.1 Å². The summed E-state index contributed by atoms with van der Waals surface area (Å²) in [5, 5.41) is 22.0. The monoisotopic (exact) mass is 388 g/mol. The molecule has 0 aliphatic carbocycles. The summed E-state index contributed by atoms with van der Waals surface area (Å²) in [5.74, 6) is 0. The Morgan fingerprint density at radius 2 is 0.875 bits per heavy atom. The Morgan fingerprint density at radius 3 is 1.38 bits per heavy atom. The number of benzene rings is 4. The van der Waals surface area contributed by atoms with Gasteiger partial charge in [0.15, 0.2) is 0 Å². The lowest BCUT2D eigenvalue weighted by atomic mass is 9.57. The Labute approximate surface area is 199 Å². The van der Waals surface area contributed by atoms with Crippen molar-refractivity contribution < 1.29 is 10.0 Å². The average Bonchev–Trinajstić information content (AvgIpc) is 2.77. The molecule has 12 heteroatoms. The Bertz CT molecular complexity index is 1420. The largest absolute Gasteiger partial charge is 0.489 e. The van der Waals surface area contributed by atoms with Gasteiger partial charge in [-0.2, -0.15) is 0 Å². The van der Waals surface area contributed by atoms with Crippen LogP contribution in [0, 0.1) is 0 Å². The molecule has 4 rings (SSSR count). The molecule has 0 aromatic heterocycles. The molecule has 0 atom stereocenters. The molecule has 0 bridgehead atoms. The molecular weight excluding hydrogens is 380 g/mol. The first-order valence-corrected chi connectivity index (χ1v) is 9.48. The molecule has 18 radical (unpaired) electrons. The molecule has 0 amide bonds.